The van der Waals surface area contributed by atoms with Gasteiger partial charge in [0.15, 0.2) is 0 Å². The van der Waals surface area contributed by atoms with Crippen LogP contribution in [-0.4, -0.2) is 16.5 Å². The van der Waals surface area contributed by atoms with Gasteiger partial charge in [-0.15, -0.1) is 6.42 Å². The lowest BCUT2D eigenvalue weighted by molar-refractivity contribution is 0.0270. The summed E-state index contributed by atoms with van der Waals surface area (Å²) >= 11 is 0. The van der Waals surface area contributed by atoms with Gasteiger partial charge in [0.2, 0.25) is 0 Å². The molecule has 1 heterocycles. The Balaban J connectivity index is 1.53. The molecule has 0 aromatic heterocycles. The number of fused-ring (bicyclic) bond motifs is 2. The van der Waals surface area contributed by atoms with Gasteiger partial charge in [-0.1, -0.05) is 55.5 Å². The van der Waals surface area contributed by atoms with Gasteiger partial charge in [0, 0.05) is 6.54 Å². The quantitative estimate of drug-likeness (QED) is 0.574. The molecule has 3 fully saturated rings. The molecule has 19 heavy (non-hydrogen) atoms. The minimum absolute atomic E-state index is 0.398. The van der Waals surface area contributed by atoms with Crippen molar-refractivity contribution >= 4 is 0 Å². The normalized spacial score (nSPS) is 43.1. The molecule has 1 spiro atoms. The van der Waals surface area contributed by atoms with Crippen LogP contribution >= 0.6 is 0 Å². The first-order chi connectivity index (χ1) is 9.36. The van der Waals surface area contributed by atoms with E-state index in [0.717, 1.165) is 18.4 Å². The molecule has 3 aliphatic rings. The summed E-state index contributed by atoms with van der Waals surface area (Å²) in [5.74, 6) is 4.93. The minimum atomic E-state index is 0.398. The number of hydrogen-bond donors (Lipinski definition) is 0. The molecule has 0 amide bonds. The van der Waals surface area contributed by atoms with E-state index in [9.17, 15) is 0 Å². The predicted octanol–water partition coefficient (Wildman–Crippen LogP) is 3.45. The number of rotatable bonds is 2. The van der Waals surface area contributed by atoms with E-state index >= 15 is 0 Å². The van der Waals surface area contributed by atoms with Crippen molar-refractivity contribution in [1.82, 2.24) is 4.90 Å². The van der Waals surface area contributed by atoms with Crippen LogP contribution in [0.25, 0.3) is 0 Å². The number of nitrogens with zero attached hydrogens (tertiary/aromatic N) is 1. The van der Waals surface area contributed by atoms with Crippen LogP contribution < -0.4 is 0 Å². The highest BCUT2D eigenvalue weighted by Crippen LogP contribution is 2.65. The second kappa shape index (κ2) is 4.12. The van der Waals surface area contributed by atoms with Crippen LogP contribution in [0.1, 0.15) is 37.7 Å². The van der Waals surface area contributed by atoms with E-state index in [1.807, 2.05) is 0 Å². The lowest BCUT2D eigenvalue weighted by Gasteiger charge is -2.49. The van der Waals surface area contributed by atoms with Gasteiger partial charge in [0.25, 0.3) is 0 Å². The monoisotopic (exact) mass is 251 g/mol. The van der Waals surface area contributed by atoms with E-state index < -0.39 is 0 Å². The van der Waals surface area contributed by atoms with Crippen molar-refractivity contribution in [3.63, 3.8) is 0 Å². The van der Waals surface area contributed by atoms with Crippen LogP contribution in [0.4, 0.5) is 0 Å². The van der Waals surface area contributed by atoms with Crippen molar-refractivity contribution in [1.29, 1.82) is 0 Å². The summed E-state index contributed by atoms with van der Waals surface area (Å²) in [6.07, 6.45) is 12.9. The number of hydrogen-bond acceptors (Lipinski definition) is 1. The molecule has 4 rings (SSSR count). The van der Waals surface area contributed by atoms with Crippen molar-refractivity contribution in [3.8, 4) is 12.3 Å². The first-order valence-corrected chi connectivity index (χ1v) is 7.63. The Morgan fingerprint density at radius 1 is 1.21 bits per heavy atom. The van der Waals surface area contributed by atoms with Crippen molar-refractivity contribution in [2.45, 2.75) is 50.2 Å². The van der Waals surface area contributed by atoms with E-state index in [-0.39, 0.29) is 0 Å². The van der Waals surface area contributed by atoms with Gasteiger partial charge in [-0.05, 0) is 30.2 Å². The summed E-state index contributed by atoms with van der Waals surface area (Å²) in [6.45, 7) is 1.04. The Bertz CT molecular complexity index is 514. The van der Waals surface area contributed by atoms with Crippen LogP contribution in [0, 0.1) is 24.2 Å². The van der Waals surface area contributed by atoms with Gasteiger partial charge in [0.1, 0.15) is 0 Å². The molecular formula is C18H21N. The van der Waals surface area contributed by atoms with Gasteiger partial charge >= 0.3 is 0 Å². The third kappa shape index (κ3) is 1.53. The standard InChI is InChI=1S/C18H21N/c1-2-17-18(12-15-10-6-7-11-16(15)18)19(17)13-14-8-4-3-5-9-14/h1,3-5,8-9,15-17H,6-7,10-13H2/t15-,16-,17+,18+,19?/m0/s1. The van der Waals surface area contributed by atoms with E-state index in [2.05, 4.69) is 41.2 Å². The van der Waals surface area contributed by atoms with Crippen LogP contribution in [0.5, 0.6) is 0 Å². The third-order valence-electron chi connectivity index (χ3n) is 5.75. The number of benzene rings is 1. The fourth-order valence-electron chi connectivity index (χ4n) is 4.83. The Morgan fingerprint density at radius 2 is 2.00 bits per heavy atom. The Kier molecular flexibility index (Phi) is 2.50. The van der Waals surface area contributed by atoms with Gasteiger partial charge in [-0.25, -0.2) is 0 Å². The van der Waals surface area contributed by atoms with Crippen molar-refractivity contribution in [2.24, 2.45) is 11.8 Å². The zero-order valence-corrected chi connectivity index (χ0v) is 11.4. The molecule has 5 atom stereocenters. The van der Waals surface area contributed by atoms with Crippen molar-refractivity contribution < 1.29 is 0 Å². The van der Waals surface area contributed by atoms with Crippen molar-refractivity contribution in [2.75, 3.05) is 0 Å². The lowest BCUT2D eigenvalue weighted by Crippen LogP contribution is -2.49. The highest BCUT2D eigenvalue weighted by atomic mass is 15.4. The zero-order valence-electron chi connectivity index (χ0n) is 11.4. The third-order valence-corrected chi connectivity index (χ3v) is 5.75. The Labute approximate surface area is 116 Å². The second-order valence-electron chi connectivity index (χ2n) is 6.53. The van der Waals surface area contributed by atoms with Crippen LogP contribution in [-0.2, 0) is 6.54 Å². The fourth-order valence-corrected chi connectivity index (χ4v) is 4.83. The molecule has 0 bridgehead atoms. The van der Waals surface area contributed by atoms with Crippen LogP contribution in [0.3, 0.4) is 0 Å². The molecule has 0 N–H and O–H groups in total. The molecule has 1 aromatic carbocycles. The zero-order chi connectivity index (χ0) is 12.9. The molecule has 1 heteroatoms. The van der Waals surface area contributed by atoms with Gasteiger partial charge < -0.3 is 0 Å². The summed E-state index contributed by atoms with van der Waals surface area (Å²) < 4.78 is 0. The highest BCUT2D eigenvalue weighted by molar-refractivity contribution is 5.36. The average Bonchev–Trinajstić information content (AvgIpc) is 3.08. The highest BCUT2D eigenvalue weighted by Gasteiger charge is 2.72. The molecule has 2 aliphatic carbocycles. The Morgan fingerprint density at radius 3 is 2.74 bits per heavy atom. The molecule has 98 valence electrons. The van der Waals surface area contributed by atoms with E-state index in [0.29, 0.717) is 11.6 Å². The molecule has 0 radical (unpaired) electrons. The summed E-state index contributed by atoms with van der Waals surface area (Å²) in [5, 5.41) is 0. The lowest BCUT2D eigenvalue weighted by atomic mass is 9.56. The van der Waals surface area contributed by atoms with Crippen LogP contribution in [0.15, 0.2) is 30.3 Å². The summed E-state index contributed by atoms with van der Waals surface area (Å²) in [4.78, 5) is 2.59. The van der Waals surface area contributed by atoms with E-state index in [4.69, 9.17) is 6.42 Å². The molecule has 2 saturated carbocycles. The average molecular weight is 251 g/mol. The van der Waals surface area contributed by atoms with Crippen molar-refractivity contribution in [3.05, 3.63) is 35.9 Å². The summed E-state index contributed by atoms with van der Waals surface area (Å²) in [5.41, 5.74) is 1.80. The summed E-state index contributed by atoms with van der Waals surface area (Å²) in [7, 11) is 0. The smallest absolute Gasteiger partial charge is 0.0910 e. The molecule has 1 saturated heterocycles. The molecule has 1 unspecified atom stereocenters. The topological polar surface area (TPSA) is 3.01 Å². The molecular weight excluding hydrogens is 230 g/mol. The van der Waals surface area contributed by atoms with Crippen LogP contribution in [0.2, 0.25) is 0 Å². The van der Waals surface area contributed by atoms with E-state index in [1.165, 1.54) is 37.7 Å². The van der Waals surface area contributed by atoms with Gasteiger partial charge in [-0.2, -0.15) is 0 Å². The van der Waals surface area contributed by atoms with E-state index in [1.54, 1.807) is 0 Å². The largest absolute Gasteiger partial charge is 0.275 e. The SMILES string of the molecule is C#C[C@H]1N(Cc2ccccc2)[C@@]12C[C@@H]1CCCC[C@@H]12. The molecule has 1 aromatic rings. The van der Waals surface area contributed by atoms with Gasteiger partial charge in [-0.3, -0.25) is 4.90 Å². The maximum Gasteiger partial charge on any atom is 0.0910 e. The minimum Gasteiger partial charge on any atom is -0.275 e. The fraction of sp³-hybridized carbons (Fsp3) is 0.556. The predicted molar refractivity (Wildman–Crippen MR) is 77.4 cm³/mol. The maximum absolute atomic E-state index is 5.79. The molecule has 1 aliphatic heterocycles. The van der Waals surface area contributed by atoms with Gasteiger partial charge in [0.05, 0.1) is 11.6 Å². The second-order valence-corrected chi connectivity index (χ2v) is 6.53. The molecule has 1 nitrogen and oxygen atoms in total. The first-order valence-electron chi connectivity index (χ1n) is 7.63. The first kappa shape index (κ1) is 11.6. The Hall–Kier alpha value is -1.26. The maximum atomic E-state index is 5.79. The summed E-state index contributed by atoms with van der Waals surface area (Å²) in [6, 6.07) is 11.2. The number of terminal acetylenes is 1.